The fourth-order valence-electron chi connectivity index (χ4n) is 2.95. The van der Waals surface area contributed by atoms with Crippen molar-refractivity contribution < 1.29 is 18.1 Å². The Morgan fingerprint density at radius 1 is 1.06 bits per heavy atom. The molecule has 0 bridgehead atoms. The average Bonchev–Trinajstić information content (AvgIpc) is 2.75. The number of halogens is 1. The van der Waals surface area contributed by atoms with Crippen LogP contribution in [0, 0.1) is 10.1 Å². The van der Waals surface area contributed by atoms with Crippen LogP contribution in [0.3, 0.4) is 0 Å². The molecule has 11 heteroatoms. The molecule has 0 fully saturated rings. The summed E-state index contributed by atoms with van der Waals surface area (Å²) >= 11 is 6.09. The van der Waals surface area contributed by atoms with E-state index in [4.69, 9.17) is 16.7 Å². The van der Waals surface area contributed by atoms with Crippen molar-refractivity contribution in [1.82, 2.24) is 5.32 Å². The number of nitro groups is 1. The zero-order valence-electron chi connectivity index (χ0n) is 16.6. The summed E-state index contributed by atoms with van der Waals surface area (Å²) in [5.41, 5.74) is 1.47. The molecule has 0 aliphatic rings. The van der Waals surface area contributed by atoms with Crippen molar-refractivity contribution in [3.63, 3.8) is 0 Å². The van der Waals surface area contributed by atoms with E-state index in [2.05, 4.69) is 10.6 Å². The van der Waals surface area contributed by atoms with Gasteiger partial charge in [0.25, 0.3) is 5.69 Å². The van der Waals surface area contributed by atoms with E-state index in [1.165, 1.54) is 24.3 Å². The molecule has 0 aromatic heterocycles. The standard InChI is InChI=1S/C21H19ClN4O5S/c22-18-12-16(26(28)29)8-11-19(18)25-21(27)20(15-4-2-1-3-5-15)24-13-14-6-9-17(10-7-14)32(23,30)31/h1-12,20,24H,13H2,(H,25,27)(H2,23,30,31)/t20-/m0/s1. The summed E-state index contributed by atoms with van der Waals surface area (Å²) in [5.74, 6) is -0.423. The molecule has 1 amide bonds. The second kappa shape index (κ2) is 9.88. The molecule has 0 unspecified atom stereocenters. The molecule has 0 saturated heterocycles. The molecule has 3 rings (SSSR count). The van der Waals surface area contributed by atoms with Crippen molar-refractivity contribution in [3.8, 4) is 0 Å². The Balaban J connectivity index is 1.79. The van der Waals surface area contributed by atoms with Crippen molar-refractivity contribution in [2.75, 3.05) is 5.32 Å². The van der Waals surface area contributed by atoms with Gasteiger partial charge in [0.1, 0.15) is 6.04 Å². The van der Waals surface area contributed by atoms with Crippen molar-refractivity contribution in [3.05, 3.63) is 99.1 Å². The number of hydrogen-bond acceptors (Lipinski definition) is 6. The average molecular weight is 475 g/mol. The molecule has 0 heterocycles. The molecule has 4 N–H and O–H groups in total. The lowest BCUT2D eigenvalue weighted by atomic mass is 10.1. The van der Waals surface area contributed by atoms with Gasteiger partial charge in [0, 0.05) is 18.7 Å². The molecule has 32 heavy (non-hydrogen) atoms. The number of nitrogens with two attached hydrogens (primary N) is 1. The van der Waals surface area contributed by atoms with Gasteiger partial charge < -0.3 is 5.32 Å². The Morgan fingerprint density at radius 3 is 2.28 bits per heavy atom. The minimum atomic E-state index is -3.79. The number of carbonyl (C=O) groups excluding carboxylic acids is 1. The maximum Gasteiger partial charge on any atom is 0.271 e. The van der Waals surface area contributed by atoms with Gasteiger partial charge in [-0.3, -0.25) is 20.2 Å². The number of rotatable bonds is 8. The molecule has 0 aliphatic carbocycles. The van der Waals surface area contributed by atoms with Crippen LogP contribution in [0.4, 0.5) is 11.4 Å². The lowest BCUT2D eigenvalue weighted by Crippen LogP contribution is -2.32. The van der Waals surface area contributed by atoms with Crippen LogP contribution in [0.15, 0.2) is 77.7 Å². The zero-order valence-corrected chi connectivity index (χ0v) is 18.1. The van der Waals surface area contributed by atoms with Crippen LogP contribution in [-0.4, -0.2) is 19.2 Å². The van der Waals surface area contributed by atoms with Crippen molar-refractivity contribution >= 4 is 38.9 Å². The Morgan fingerprint density at radius 2 is 1.72 bits per heavy atom. The smallest absolute Gasteiger partial charge is 0.271 e. The monoisotopic (exact) mass is 474 g/mol. The molecule has 3 aromatic rings. The van der Waals surface area contributed by atoms with E-state index in [0.717, 1.165) is 11.6 Å². The quantitative estimate of drug-likeness (QED) is 0.337. The summed E-state index contributed by atoms with van der Waals surface area (Å²) in [6.07, 6.45) is 0. The Labute approximate surface area is 189 Å². The number of nitro benzene ring substituents is 1. The number of anilines is 1. The maximum absolute atomic E-state index is 13.0. The summed E-state index contributed by atoms with van der Waals surface area (Å²) in [6, 6.07) is 17.9. The first-order chi connectivity index (χ1) is 15.1. The summed E-state index contributed by atoms with van der Waals surface area (Å²) < 4.78 is 22.8. The molecule has 3 aromatic carbocycles. The van der Waals surface area contributed by atoms with Gasteiger partial charge in [0.05, 0.1) is 20.5 Å². The van der Waals surface area contributed by atoms with Gasteiger partial charge in [-0.05, 0) is 29.3 Å². The number of benzene rings is 3. The van der Waals surface area contributed by atoms with Crippen LogP contribution in [-0.2, 0) is 21.4 Å². The molecule has 166 valence electrons. The zero-order chi connectivity index (χ0) is 23.3. The van der Waals surface area contributed by atoms with Crippen LogP contribution < -0.4 is 15.8 Å². The normalized spacial score (nSPS) is 12.2. The highest BCUT2D eigenvalue weighted by atomic mass is 35.5. The number of primary sulfonamides is 1. The van der Waals surface area contributed by atoms with Gasteiger partial charge in [0.15, 0.2) is 0 Å². The first-order valence-electron chi connectivity index (χ1n) is 9.30. The van der Waals surface area contributed by atoms with E-state index < -0.39 is 26.9 Å². The van der Waals surface area contributed by atoms with Crippen LogP contribution in [0.25, 0.3) is 0 Å². The van der Waals surface area contributed by atoms with Crippen molar-refractivity contribution in [2.45, 2.75) is 17.5 Å². The maximum atomic E-state index is 13.0. The summed E-state index contributed by atoms with van der Waals surface area (Å²) in [5, 5.41) is 21.9. The molecule has 0 saturated carbocycles. The first kappa shape index (κ1) is 23.4. The van der Waals surface area contributed by atoms with Gasteiger partial charge in [-0.2, -0.15) is 0 Å². The lowest BCUT2D eigenvalue weighted by molar-refractivity contribution is -0.384. The fourth-order valence-corrected chi connectivity index (χ4v) is 3.69. The highest BCUT2D eigenvalue weighted by molar-refractivity contribution is 7.89. The molecule has 0 spiro atoms. The second-order valence-electron chi connectivity index (χ2n) is 6.82. The van der Waals surface area contributed by atoms with E-state index in [1.807, 2.05) is 6.07 Å². The van der Waals surface area contributed by atoms with Gasteiger partial charge in [-0.25, -0.2) is 13.6 Å². The number of sulfonamides is 1. The molecular weight excluding hydrogens is 456 g/mol. The van der Waals surface area contributed by atoms with Gasteiger partial charge >= 0.3 is 0 Å². The van der Waals surface area contributed by atoms with Crippen LogP contribution in [0.2, 0.25) is 5.02 Å². The van der Waals surface area contributed by atoms with Crippen molar-refractivity contribution in [1.29, 1.82) is 0 Å². The minimum absolute atomic E-state index is 0.00795. The molecule has 0 radical (unpaired) electrons. The Hall–Kier alpha value is -3.31. The fraction of sp³-hybridized carbons (Fsp3) is 0.0952. The van der Waals surface area contributed by atoms with Crippen LogP contribution in [0.1, 0.15) is 17.2 Å². The number of nitrogens with zero attached hydrogens (tertiary/aromatic N) is 1. The van der Waals surface area contributed by atoms with Crippen LogP contribution >= 0.6 is 11.6 Å². The molecule has 1 atom stereocenters. The number of amides is 1. The van der Waals surface area contributed by atoms with E-state index in [-0.39, 0.29) is 27.8 Å². The summed E-state index contributed by atoms with van der Waals surface area (Å²) in [7, 11) is -3.79. The molecule has 9 nitrogen and oxygen atoms in total. The summed E-state index contributed by atoms with van der Waals surface area (Å²) in [4.78, 5) is 23.3. The van der Waals surface area contributed by atoms with E-state index in [1.54, 1.807) is 36.4 Å². The van der Waals surface area contributed by atoms with E-state index >= 15 is 0 Å². The predicted octanol–water partition coefficient (Wildman–Crippen LogP) is 3.37. The SMILES string of the molecule is NS(=O)(=O)c1ccc(CN[C@H](C(=O)Nc2ccc([N+](=O)[O-])cc2Cl)c2ccccc2)cc1. The largest absolute Gasteiger partial charge is 0.323 e. The number of non-ortho nitro benzene ring substituents is 1. The van der Waals surface area contributed by atoms with Crippen LogP contribution in [0.5, 0.6) is 0 Å². The van der Waals surface area contributed by atoms with E-state index in [9.17, 15) is 23.3 Å². The summed E-state index contributed by atoms with van der Waals surface area (Å²) in [6.45, 7) is 0.256. The topological polar surface area (TPSA) is 144 Å². The Kier molecular flexibility index (Phi) is 7.21. The minimum Gasteiger partial charge on any atom is -0.323 e. The van der Waals surface area contributed by atoms with E-state index in [0.29, 0.717) is 5.56 Å². The van der Waals surface area contributed by atoms with Crippen molar-refractivity contribution in [2.24, 2.45) is 5.14 Å². The highest BCUT2D eigenvalue weighted by Crippen LogP contribution is 2.28. The predicted molar refractivity (Wildman–Crippen MR) is 121 cm³/mol. The molecule has 0 aliphatic heterocycles. The molecular formula is C21H19ClN4O5S. The highest BCUT2D eigenvalue weighted by Gasteiger charge is 2.22. The third-order valence-electron chi connectivity index (χ3n) is 4.58. The third-order valence-corrected chi connectivity index (χ3v) is 5.82. The number of carbonyl (C=O) groups is 1. The third kappa shape index (κ3) is 5.89. The van der Waals surface area contributed by atoms with Gasteiger partial charge in [-0.15, -0.1) is 0 Å². The number of hydrogen-bond donors (Lipinski definition) is 3. The number of nitrogens with one attached hydrogen (secondary N) is 2. The van der Waals surface area contributed by atoms with Gasteiger partial charge in [-0.1, -0.05) is 54.1 Å². The second-order valence-corrected chi connectivity index (χ2v) is 8.79. The van der Waals surface area contributed by atoms with Gasteiger partial charge in [0.2, 0.25) is 15.9 Å². The Bertz CT molecular complexity index is 1230. The lowest BCUT2D eigenvalue weighted by Gasteiger charge is -2.19. The first-order valence-corrected chi connectivity index (χ1v) is 11.2.